The van der Waals surface area contributed by atoms with Crippen LogP contribution in [-0.4, -0.2) is 33.3 Å². The molecule has 2 aromatic heterocycles. The molecule has 0 saturated carbocycles. The van der Waals surface area contributed by atoms with Crippen molar-refractivity contribution in [3.63, 3.8) is 0 Å². The van der Waals surface area contributed by atoms with Gasteiger partial charge in [-0.25, -0.2) is 0 Å². The van der Waals surface area contributed by atoms with E-state index in [1.165, 1.54) is 0 Å². The van der Waals surface area contributed by atoms with Gasteiger partial charge in [0.25, 0.3) is 0 Å². The second-order valence-corrected chi connectivity index (χ2v) is 6.29. The topological polar surface area (TPSA) is 67.2 Å². The number of nitrogens with one attached hydrogen (secondary N) is 1. The number of nitrogens with zero attached hydrogens (tertiary/aromatic N) is 3. The quantitative estimate of drug-likeness (QED) is 0.927. The van der Waals surface area contributed by atoms with Gasteiger partial charge in [0.1, 0.15) is 0 Å². The molecular formula is C18H22N4O2. The molecule has 0 aromatic carbocycles. The Labute approximate surface area is 141 Å². The van der Waals surface area contributed by atoms with Crippen LogP contribution in [0.2, 0.25) is 0 Å². The van der Waals surface area contributed by atoms with Gasteiger partial charge in [-0.2, -0.15) is 0 Å². The van der Waals surface area contributed by atoms with Crippen LogP contribution in [0.3, 0.4) is 0 Å². The van der Waals surface area contributed by atoms with E-state index >= 15 is 0 Å². The van der Waals surface area contributed by atoms with Crippen molar-refractivity contribution in [3.05, 3.63) is 53.6 Å². The third-order valence-corrected chi connectivity index (χ3v) is 4.87. The van der Waals surface area contributed by atoms with Gasteiger partial charge < -0.3 is 14.8 Å². The zero-order chi connectivity index (χ0) is 17.3. The number of likely N-dealkylation sites (tertiary alicyclic amines) is 1. The van der Waals surface area contributed by atoms with Crippen molar-refractivity contribution < 1.29 is 9.59 Å². The predicted molar refractivity (Wildman–Crippen MR) is 89.9 cm³/mol. The summed E-state index contributed by atoms with van der Waals surface area (Å²) in [7, 11) is 3.72. The summed E-state index contributed by atoms with van der Waals surface area (Å²) in [5.41, 5.74) is 3.07. The van der Waals surface area contributed by atoms with Gasteiger partial charge in [-0.3, -0.25) is 14.6 Å². The van der Waals surface area contributed by atoms with Crippen LogP contribution in [-0.2, 0) is 23.2 Å². The van der Waals surface area contributed by atoms with Crippen LogP contribution in [0.4, 0.5) is 0 Å². The Morgan fingerprint density at radius 3 is 2.75 bits per heavy atom. The van der Waals surface area contributed by atoms with Crippen LogP contribution in [0.25, 0.3) is 0 Å². The van der Waals surface area contributed by atoms with E-state index in [1.807, 2.05) is 42.8 Å². The molecule has 0 unspecified atom stereocenters. The molecule has 1 aliphatic heterocycles. The maximum atomic E-state index is 12.7. The van der Waals surface area contributed by atoms with E-state index in [0.29, 0.717) is 6.54 Å². The summed E-state index contributed by atoms with van der Waals surface area (Å²) in [4.78, 5) is 30.6. The molecular weight excluding hydrogens is 304 g/mol. The molecule has 1 fully saturated rings. The molecule has 1 saturated heterocycles. The molecule has 24 heavy (non-hydrogen) atoms. The fraction of sp³-hybridized carbons (Fsp3) is 0.389. The SMILES string of the molecule is Cc1ccc(CNC(=O)[C@@H]2CC(=O)N(C)[C@@H]2c2cccnc2)n1C. The molecule has 1 aliphatic rings. The molecule has 1 N–H and O–H groups in total. The largest absolute Gasteiger partial charge is 0.350 e. The van der Waals surface area contributed by atoms with Crippen molar-refractivity contribution >= 4 is 11.8 Å². The molecule has 0 spiro atoms. The van der Waals surface area contributed by atoms with Crippen molar-refractivity contribution in [2.75, 3.05) is 7.05 Å². The smallest absolute Gasteiger partial charge is 0.226 e. The first-order valence-corrected chi connectivity index (χ1v) is 8.03. The van der Waals surface area contributed by atoms with Crippen molar-refractivity contribution in [3.8, 4) is 0 Å². The highest BCUT2D eigenvalue weighted by atomic mass is 16.2. The summed E-state index contributed by atoms with van der Waals surface area (Å²) in [5, 5.41) is 2.98. The van der Waals surface area contributed by atoms with E-state index < -0.39 is 5.92 Å². The first-order chi connectivity index (χ1) is 11.5. The molecule has 2 aromatic rings. The monoisotopic (exact) mass is 326 g/mol. The van der Waals surface area contributed by atoms with E-state index in [1.54, 1.807) is 24.3 Å². The molecule has 2 amide bonds. The molecule has 2 atom stereocenters. The van der Waals surface area contributed by atoms with Gasteiger partial charge in [-0.15, -0.1) is 0 Å². The average molecular weight is 326 g/mol. The molecule has 0 radical (unpaired) electrons. The van der Waals surface area contributed by atoms with Crippen molar-refractivity contribution in [2.45, 2.75) is 25.9 Å². The summed E-state index contributed by atoms with van der Waals surface area (Å²) in [5.74, 6) is -0.507. The summed E-state index contributed by atoms with van der Waals surface area (Å²) >= 11 is 0. The number of aryl methyl sites for hydroxylation is 1. The zero-order valence-corrected chi connectivity index (χ0v) is 14.2. The number of amides is 2. The number of pyridine rings is 1. The van der Waals surface area contributed by atoms with Crippen LogP contribution < -0.4 is 5.32 Å². The van der Waals surface area contributed by atoms with E-state index in [0.717, 1.165) is 17.0 Å². The third kappa shape index (κ3) is 2.91. The Hall–Kier alpha value is -2.63. The number of hydrogen-bond donors (Lipinski definition) is 1. The van der Waals surface area contributed by atoms with Gasteiger partial charge >= 0.3 is 0 Å². The lowest BCUT2D eigenvalue weighted by atomic mass is 9.94. The minimum atomic E-state index is -0.395. The highest BCUT2D eigenvalue weighted by Crippen LogP contribution is 2.36. The van der Waals surface area contributed by atoms with Crippen molar-refractivity contribution in [1.29, 1.82) is 0 Å². The van der Waals surface area contributed by atoms with E-state index in [4.69, 9.17) is 0 Å². The highest BCUT2D eigenvalue weighted by molar-refractivity contribution is 5.90. The zero-order valence-electron chi connectivity index (χ0n) is 14.2. The van der Waals surface area contributed by atoms with Gasteiger partial charge in [0.15, 0.2) is 0 Å². The van der Waals surface area contributed by atoms with Crippen molar-refractivity contribution in [2.24, 2.45) is 13.0 Å². The van der Waals surface area contributed by atoms with Gasteiger partial charge in [-0.1, -0.05) is 6.07 Å². The second kappa shape index (κ2) is 6.47. The van der Waals surface area contributed by atoms with Gasteiger partial charge in [0, 0.05) is 44.3 Å². The molecule has 0 bridgehead atoms. The summed E-state index contributed by atoms with van der Waals surface area (Å²) in [6.07, 6.45) is 3.64. The minimum Gasteiger partial charge on any atom is -0.350 e. The fourth-order valence-electron chi connectivity index (χ4n) is 3.26. The lowest BCUT2D eigenvalue weighted by Gasteiger charge is -2.24. The van der Waals surface area contributed by atoms with E-state index in [2.05, 4.69) is 10.3 Å². The molecule has 3 heterocycles. The number of aromatic nitrogens is 2. The lowest BCUT2D eigenvalue weighted by Crippen LogP contribution is -2.34. The predicted octanol–water partition coefficient (Wildman–Crippen LogP) is 1.56. The van der Waals surface area contributed by atoms with E-state index in [9.17, 15) is 9.59 Å². The summed E-state index contributed by atoms with van der Waals surface area (Å²) in [6, 6.07) is 7.50. The van der Waals surface area contributed by atoms with Crippen LogP contribution in [0.1, 0.15) is 29.4 Å². The van der Waals surface area contributed by atoms with E-state index in [-0.39, 0.29) is 24.3 Å². The molecule has 3 rings (SSSR count). The number of hydrogen-bond acceptors (Lipinski definition) is 3. The number of rotatable bonds is 4. The minimum absolute atomic E-state index is 0.0151. The summed E-state index contributed by atoms with van der Waals surface area (Å²) < 4.78 is 2.05. The summed E-state index contributed by atoms with van der Waals surface area (Å²) in [6.45, 7) is 2.48. The maximum absolute atomic E-state index is 12.7. The average Bonchev–Trinajstić information content (AvgIpc) is 3.07. The first kappa shape index (κ1) is 16.2. The van der Waals surface area contributed by atoms with Gasteiger partial charge in [0.05, 0.1) is 18.5 Å². The second-order valence-electron chi connectivity index (χ2n) is 6.29. The Balaban J connectivity index is 1.75. The van der Waals surface area contributed by atoms with Gasteiger partial charge in [-0.05, 0) is 30.7 Å². The van der Waals surface area contributed by atoms with Crippen LogP contribution in [0, 0.1) is 12.8 Å². The van der Waals surface area contributed by atoms with Crippen molar-refractivity contribution in [1.82, 2.24) is 19.8 Å². The lowest BCUT2D eigenvalue weighted by molar-refractivity contribution is -0.128. The molecule has 0 aliphatic carbocycles. The number of carbonyl (C=O) groups excluding carboxylic acids is 2. The maximum Gasteiger partial charge on any atom is 0.226 e. The Morgan fingerprint density at radius 2 is 2.12 bits per heavy atom. The molecule has 126 valence electrons. The highest BCUT2D eigenvalue weighted by Gasteiger charge is 2.42. The Morgan fingerprint density at radius 1 is 1.33 bits per heavy atom. The fourth-order valence-corrected chi connectivity index (χ4v) is 3.26. The van der Waals surface area contributed by atoms with Crippen LogP contribution in [0.15, 0.2) is 36.7 Å². The normalized spacial score (nSPS) is 20.5. The molecule has 6 nitrogen and oxygen atoms in total. The van der Waals surface area contributed by atoms with Crippen LogP contribution >= 0.6 is 0 Å². The van der Waals surface area contributed by atoms with Crippen LogP contribution in [0.5, 0.6) is 0 Å². The molecule has 6 heteroatoms. The number of carbonyl (C=O) groups is 2. The first-order valence-electron chi connectivity index (χ1n) is 8.03. The third-order valence-electron chi connectivity index (χ3n) is 4.87. The Kier molecular flexibility index (Phi) is 4.38. The Bertz CT molecular complexity index is 754. The standard InChI is InChI=1S/C18H22N4O2/c1-12-6-7-14(21(12)2)11-20-18(24)15-9-16(23)22(3)17(15)13-5-4-8-19-10-13/h4-8,10,15,17H,9,11H2,1-3H3,(H,20,24)/t15-,17-/m1/s1. The van der Waals surface area contributed by atoms with Gasteiger partial charge in [0.2, 0.25) is 11.8 Å².